The summed E-state index contributed by atoms with van der Waals surface area (Å²) in [5, 5.41) is 9.03. The molecule has 0 heterocycles. The molecular weight excluding hydrogens is 398 g/mol. The number of carbonyl (C=O) groups is 1. The number of aromatic carboxylic acids is 1. The Morgan fingerprint density at radius 3 is 2.46 bits per heavy atom. The highest BCUT2D eigenvalue weighted by atomic mass is 79.9. The van der Waals surface area contributed by atoms with Gasteiger partial charge in [0.15, 0.2) is 0 Å². The molecule has 0 radical (unpaired) electrons. The van der Waals surface area contributed by atoms with Gasteiger partial charge in [0.05, 0.1) is 12.7 Å². The Morgan fingerprint density at radius 1 is 1.21 bits per heavy atom. The summed E-state index contributed by atoms with van der Waals surface area (Å²) in [4.78, 5) is 10.9. The van der Waals surface area contributed by atoms with Crippen molar-refractivity contribution < 1.29 is 23.1 Å². The number of hydrogen-bond donors (Lipinski definition) is 2. The molecule has 2 N–H and O–H groups in total. The summed E-state index contributed by atoms with van der Waals surface area (Å²) in [5.41, 5.74) is 0.858. The number of sulfonamides is 1. The second kappa shape index (κ2) is 7.78. The van der Waals surface area contributed by atoms with Gasteiger partial charge in [-0.3, -0.25) is 0 Å². The number of carboxylic acids is 1. The monoisotopic (exact) mass is 413 g/mol. The summed E-state index contributed by atoms with van der Waals surface area (Å²) in [5.74, 6) is -1.11. The van der Waals surface area contributed by atoms with Gasteiger partial charge in [-0.1, -0.05) is 28.1 Å². The van der Waals surface area contributed by atoms with Gasteiger partial charge in [-0.05, 0) is 42.3 Å². The third-order valence-corrected chi connectivity index (χ3v) is 5.33. The van der Waals surface area contributed by atoms with Gasteiger partial charge in [0.25, 0.3) is 0 Å². The van der Waals surface area contributed by atoms with Crippen molar-refractivity contribution in [1.82, 2.24) is 4.72 Å². The first-order valence-electron chi connectivity index (χ1n) is 6.99. The van der Waals surface area contributed by atoms with Gasteiger partial charge in [0.1, 0.15) is 10.6 Å². The number of halogens is 1. The summed E-state index contributed by atoms with van der Waals surface area (Å²) in [6, 6.07) is 11.2. The standard InChI is InChI=1S/C16H16BrNO5S/c1-23-14-7-4-12(16(19)20)10-15(14)24(21,22)18-9-8-11-2-5-13(17)6-3-11/h2-7,10,18H,8-9H2,1H3,(H,19,20). The molecule has 0 unspecified atom stereocenters. The van der Waals surface area contributed by atoms with Crippen molar-refractivity contribution in [3.63, 3.8) is 0 Å². The Kier molecular flexibility index (Phi) is 5.98. The van der Waals surface area contributed by atoms with Crippen LogP contribution in [0.25, 0.3) is 0 Å². The number of nitrogens with one attached hydrogen (secondary N) is 1. The maximum atomic E-state index is 12.4. The van der Waals surface area contributed by atoms with Crippen molar-refractivity contribution in [1.29, 1.82) is 0 Å². The van der Waals surface area contributed by atoms with Crippen molar-refractivity contribution in [3.05, 3.63) is 58.1 Å². The van der Waals surface area contributed by atoms with Crippen molar-refractivity contribution in [2.75, 3.05) is 13.7 Å². The SMILES string of the molecule is COc1ccc(C(=O)O)cc1S(=O)(=O)NCCc1ccc(Br)cc1. The van der Waals surface area contributed by atoms with Gasteiger partial charge in [-0.2, -0.15) is 0 Å². The quantitative estimate of drug-likeness (QED) is 0.727. The van der Waals surface area contributed by atoms with E-state index in [1.807, 2.05) is 24.3 Å². The fraction of sp³-hybridized carbons (Fsp3) is 0.188. The smallest absolute Gasteiger partial charge is 0.335 e. The van der Waals surface area contributed by atoms with Crippen LogP contribution in [0.15, 0.2) is 51.8 Å². The van der Waals surface area contributed by atoms with Crippen molar-refractivity contribution in [2.45, 2.75) is 11.3 Å². The van der Waals surface area contributed by atoms with E-state index in [1.165, 1.54) is 19.2 Å². The first kappa shape index (κ1) is 18.4. The molecule has 0 fully saturated rings. The molecule has 128 valence electrons. The van der Waals surface area contributed by atoms with Crippen molar-refractivity contribution >= 4 is 31.9 Å². The molecule has 0 saturated carbocycles. The summed E-state index contributed by atoms with van der Waals surface area (Å²) in [7, 11) is -2.55. The molecular formula is C16H16BrNO5S. The molecule has 0 amide bonds. The van der Waals surface area contributed by atoms with E-state index in [0.29, 0.717) is 6.42 Å². The van der Waals surface area contributed by atoms with Gasteiger partial charge in [-0.25, -0.2) is 17.9 Å². The molecule has 2 aromatic carbocycles. The molecule has 24 heavy (non-hydrogen) atoms. The normalized spacial score (nSPS) is 11.2. The number of benzene rings is 2. The summed E-state index contributed by atoms with van der Waals surface area (Å²) < 4.78 is 33.3. The van der Waals surface area contributed by atoms with Gasteiger partial charge < -0.3 is 9.84 Å². The van der Waals surface area contributed by atoms with Crippen LogP contribution in [0, 0.1) is 0 Å². The Balaban J connectivity index is 2.15. The van der Waals surface area contributed by atoms with E-state index >= 15 is 0 Å². The van der Waals surface area contributed by atoms with E-state index in [1.54, 1.807) is 0 Å². The molecule has 0 spiro atoms. The van der Waals surface area contributed by atoms with Gasteiger partial charge >= 0.3 is 5.97 Å². The van der Waals surface area contributed by atoms with Crippen LogP contribution in [0.3, 0.4) is 0 Å². The number of carboxylic acid groups (broad SMARTS) is 1. The Labute approximate surface area is 148 Å². The molecule has 0 saturated heterocycles. The zero-order valence-electron chi connectivity index (χ0n) is 12.8. The third-order valence-electron chi connectivity index (χ3n) is 3.32. The van der Waals surface area contributed by atoms with E-state index in [9.17, 15) is 13.2 Å². The second-order valence-corrected chi connectivity index (χ2v) is 7.60. The maximum Gasteiger partial charge on any atom is 0.335 e. The first-order valence-corrected chi connectivity index (χ1v) is 9.26. The highest BCUT2D eigenvalue weighted by Crippen LogP contribution is 2.24. The highest BCUT2D eigenvalue weighted by Gasteiger charge is 2.21. The van der Waals surface area contributed by atoms with Gasteiger partial charge in [0, 0.05) is 11.0 Å². The molecule has 2 aromatic rings. The zero-order chi connectivity index (χ0) is 17.7. The molecule has 8 heteroatoms. The lowest BCUT2D eigenvalue weighted by Crippen LogP contribution is -2.26. The summed E-state index contributed by atoms with van der Waals surface area (Å²) in [6.45, 7) is 0.185. The van der Waals surface area contributed by atoms with Crippen LogP contribution in [0.5, 0.6) is 5.75 Å². The molecule has 0 aliphatic heterocycles. The second-order valence-electron chi connectivity index (χ2n) is 4.95. The molecule has 0 bridgehead atoms. The lowest BCUT2D eigenvalue weighted by molar-refractivity contribution is 0.0696. The van der Waals surface area contributed by atoms with E-state index < -0.39 is 16.0 Å². The van der Waals surface area contributed by atoms with E-state index in [-0.39, 0.29) is 22.8 Å². The molecule has 2 rings (SSSR count). The largest absolute Gasteiger partial charge is 0.495 e. The lowest BCUT2D eigenvalue weighted by Gasteiger charge is -2.11. The minimum atomic E-state index is -3.88. The van der Waals surface area contributed by atoms with Crippen LogP contribution in [-0.2, 0) is 16.4 Å². The number of ether oxygens (including phenoxy) is 1. The predicted molar refractivity (Wildman–Crippen MR) is 93.0 cm³/mol. The Hall–Kier alpha value is -1.90. The summed E-state index contributed by atoms with van der Waals surface area (Å²) in [6.07, 6.45) is 0.507. The zero-order valence-corrected chi connectivity index (χ0v) is 15.2. The van der Waals surface area contributed by atoms with Gasteiger partial charge in [-0.15, -0.1) is 0 Å². The fourth-order valence-electron chi connectivity index (χ4n) is 2.08. The Morgan fingerprint density at radius 2 is 1.88 bits per heavy atom. The van der Waals surface area contributed by atoms with E-state index in [2.05, 4.69) is 20.7 Å². The van der Waals surface area contributed by atoms with Crippen molar-refractivity contribution in [3.8, 4) is 5.75 Å². The average molecular weight is 414 g/mol. The topological polar surface area (TPSA) is 92.7 Å². The highest BCUT2D eigenvalue weighted by molar-refractivity contribution is 9.10. The average Bonchev–Trinajstić information content (AvgIpc) is 2.56. The lowest BCUT2D eigenvalue weighted by atomic mass is 10.2. The minimum Gasteiger partial charge on any atom is -0.495 e. The molecule has 0 atom stereocenters. The number of methoxy groups -OCH3 is 1. The first-order chi connectivity index (χ1) is 11.3. The number of rotatable bonds is 7. The molecule has 0 aliphatic rings. The fourth-order valence-corrected chi connectivity index (χ4v) is 3.57. The number of hydrogen-bond acceptors (Lipinski definition) is 4. The van der Waals surface area contributed by atoms with Crippen LogP contribution in [0.2, 0.25) is 0 Å². The van der Waals surface area contributed by atoms with Gasteiger partial charge in [0.2, 0.25) is 10.0 Å². The molecule has 6 nitrogen and oxygen atoms in total. The van der Waals surface area contributed by atoms with E-state index in [4.69, 9.17) is 9.84 Å². The van der Waals surface area contributed by atoms with Crippen LogP contribution in [-0.4, -0.2) is 33.1 Å². The van der Waals surface area contributed by atoms with Crippen LogP contribution < -0.4 is 9.46 Å². The van der Waals surface area contributed by atoms with E-state index in [0.717, 1.165) is 16.1 Å². The van der Waals surface area contributed by atoms with Crippen molar-refractivity contribution in [2.24, 2.45) is 0 Å². The summed E-state index contributed by atoms with van der Waals surface area (Å²) >= 11 is 3.34. The third kappa shape index (κ3) is 4.56. The predicted octanol–water partition coefficient (Wildman–Crippen LogP) is 2.68. The van der Waals surface area contributed by atoms with Crippen LogP contribution in [0.4, 0.5) is 0 Å². The minimum absolute atomic E-state index is 0.0936. The van der Waals surface area contributed by atoms with Crippen LogP contribution >= 0.6 is 15.9 Å². The maximum absolute atomic E-state index is 12.4. The van der Waals surface area contributed by atoms with Crippen LogP contribution in [0.1, 0.15) is 15.9 Å². The Bertz CT molecular complexity index is 834. The molecule has 0 aliphatic carbocycles. The molecule has 0 aromatic heterocycles.